The van der Waals surface area contributed by atoms with E-state index in [0.717, 1.165) is 30.3 Å². The molecule has 1 saturated heterocycles. The number of piperidine rings is 1. The van der Waals surface area contributed by atoms with Crippen molar-refractivity contribution in [1.29, 1.82) is 0 Å². The lowest BCUT2D eigenvalue weighted by Gasteiger charge is -2.35. The Morgan fingerprint density at radius 3 is 2.74 bits per heavy atom. The van der Waals surface area contributed by atoms with Gasteiger partial charge in [0.05, 0.1) is 12.0 Å². The average Bonchev–Trinajstić information content (AvgIpc) is 2.43. The van der Waals surface area contributed by atoms with E-state index in [-0.39, 0.29) is 5.97 Å². The first-order valence-corrected chi connectivity index (χ1v) is 7.58. The topological polar surface area (TPSA) is 38.3 Å². The molecule has 0 spiro atoms. The van der Waals surface area contributed by atoms with Crippen LogP contribution in [0.15, 0.2) is 28.7 Å². The zero-order valence-corrected chi connectivity index (χ0v) is 12.8. The predicted octanol–water partition coefficient (Wildman–Crippen LogP) is 2.92. The zero-order valence-electron chi connectivity index (χ0n) is 11.2. The SMILES string of the molecule is CCOC(=O)C1(Cc2ccc(Br)cc2)CCCNC1. The Balaban J connectivity index is 2.17. The number of halogens is 1. The highest BCUT2D eigenvalue weighted by Gasteiger charge is 2.40. The minimum absolute atomic E-state index is 0.0647. The van der Waals surface area contributed by atoms with Crippen molar-refractivity contribution < 1.29 is 9.53 Å². The molecule has 1 heterocycles. The summed E-state index contributed by atoms with van der Waals surface area (Å²) in [7, 11) is 0. The van der Waals surface area contributed by atoms with E-state index in [9.17, 15) is 4.79 Å². The number of hydrogen-bond donors (Lipinski definition) is 1. The van der Waals surface area contributed by atoms with Crippen LogP contribution in [0.5, 0.6) is 0 Å². The summed E-state index contributed by atoms with van der Waals surface area (Å²) in [6, 6.07) is 8.17. The normalized spacial score (nSPS) is 23.1. The molecular weight excluding hydrogens is 306 g/mol. The molecule has 2 rings (SSSR count). The van der Waals surface area contributed by atoms with Crippen molar-refractivity contribution in [3.05, 3.63) is 34.3 Å². The molecule has 104 valence electrons. The number of ether oxygens (including phenoxy) is 1. The molecule has 1 atom stereocenters. The standard InChI is InChI=1S/C15H20BrNO2/c1-2-19-14(18)15(8-3-9-17-11-15)10-12-4-6-13(16)7-5-12/h4-7,17H,2-3,8-11H2,1H3. The summed E-state index contributed by atoms with van der Waals surface area (Å²) in [5.74, 6) is -0.0647. The largest absolute Gasteiger partial charge is 0.466 e. The number of rotatable bonds is 4. The van der Waals surface area contributed by atoms with Crippen LogP contribution in [0, 0.1) is 5.41 Å². The second kappa shape index (κ2) is 6.53. The molecule has 3 nitrogen and oxygen atoms in total. The Kier molecular flexibility index (Phi) is 4.99. The molecule has 0 radical (unpaired) electrons. The first-order chi connectivity index (χ1) is 9.16. The molecule has 1 aromatic carbocycles. The van der Waals surface area contributed by atoms with Gasteiger partial charge in [0.25, 0.3) is 0 Å². The molecule has 4 heteroatoms. The van der Waals surface area contributed by atoms with E-state index in [1.165, 1.54) is 5.56 Å². The molecule has 1 N–H and O–H groups in total. The molecule has 0 aliphatic carbocycles. The molecule has 19 heavy (non-hydrogen) atoms. The van der Waals surface area contributed by atoms with Crippen LogP contribution in [0.3, 0.4) is 0 Å². The molecule has 1 aliphatic heterocycles. The molecule has 0 bridgehead atoms. The number of benzene rings is 1. The van der Waals surface area contributed by atoms with Crippen LogP contribution >= 0.6 is 15.9 Å². The maximum atomic E-state index is 12.3. The summed E-state index contributed by atoms with van der Waals surface area (Å²) in [4.78, 5) is 12.3. The highest BCUT2D eigenvalue weighted by Crippen LogP contribution is 2.32. The minimum Gasteiger partial charge on any atom is -0.466 e. The number of carbonyl (C=O) groups is 1. The lowest BCUT2D eigenvalue weighted by Crippen LogP contribution is -2.47. The van der Waals surface area contributed by atoms with Crippen molar-refractivity contribution in [2.24, 2.45) is 5.41 Å². The highest BCUT2D eigenvalue weighted by atomic mass is 79.9. The quantitative estimate of drug-likeness (QED) is 0.865. The second-order valence-corrected chi connectivity index (χ2v) is 6.00. The molecule has 1 unspecified atom stereocenters. The number of hydrogen-bond acceptors (Lipinski definition) is 3. The van der Waals surface area contributed by atoms with E-state index >= 15 is 0 Å². The Bertz CT molecular complexity index is 424. The van der Waals surface area contributed by atoms with Gasteiger partial charge in [0.2, 0.25) is 0 Å². The van der Waals surface area contributed by atoms with Crippen molar-refractivity contribution in [2.75, 3.05) is 19.7 Å². The zero-order chi connectivity index (χ0) is 13.7. The van der Waals surface area contributed by atoms with Gasteiger partial charge >= 0.3 is 5.97 Å². The maximum absolute atomic E-state index is 12.3. The van der Waals surface area contributed by atoms with Crippen molar-refractivity contribution in [2.45, 2.75) is 26.2 Å². The summed E-state index contributed by atoms with van der Waals surface area (Å²) in [6.07, 6.45) is 2.66. The molecule has 0 amide bonds. The fourth-order valence-corrected chi connectivity index (χ4v) is 2.91. The summed E-state index contributed by atoms with van der Waals surface area (Å²) in [5.41, 5.74) is 0.780. The van der Waals surface area contributed by atoms with Gasteiger partial charge in [-0.1, -0.05) is 28.1 Å². The molecular formula is C15H20BrNO2. The van der Waals surface area contributed by atoms with Gasteiger partial charge in [0, 0.05) is 11.0 Å². The van der Waals surface area contributed by atoms with E-state index in [1.807, 2.05) is 19.1 Å². The van der Waals surface area contributed by atoms with Gasteiger partial charge in [0.15, 0.2) is 0 Å². The molecule has 0 saturated carbocycles. The second-order valence-electron chi connectivity index (χ2n) is 5.08. The van der Waals surface area contributed by atoms with Gasteiger partial charge < -0.3 is 10.1 Å². The minimum atomic E-state index is -0.401. The van der Waals surface area contributed by atoms with Crippen molar-refractivity contribution >= 4 is 21.9 Å². The van der Waals surface area contributed by atoms with Crippen LogP contribution in [0.4, 0.5) is 0 Å². The van der Waals surface area contributed by atoms with Crippen molar-refractivity contribution in [3.8, 4) is 0 Å². The van der Waals surface area contributed by atoms with Crippen LogP contribution in [0.2, 0.25) is 0 Å². The lowest BCUT2D eigenvalue weighted by atomic mass is 9.76. The van der Waals surface area contributed by atoms with Crippen molar-refractivity contribution in [3.63, 3.8) is 0 Å². The Labute approximate surface area is 122 Å². The highest BCUT2D eigenvalue weighted by molar-refractivity contribution is 9.10. The van der Waals surface area contributed by atoms with Crippen LogP contribution in [-0.4, -0.2) is 25.7 Å². The smallest absolute Gasteiger partial charge is 0.313 e. The first-order valence-electron chi connectivity index (χ1n) is 6.79. The molecule has 0 aromatic heterocycles. The fourth-order valence-electron chi connectivity index (χ4n) is 2.64. The van der Waals surface area contributed by atoms with E-state index < -0.39 is 5.41 Å². The van der Waals surface area contributed by atoms with Crippen LogP contribution in [0.25, 0.3) is 0 Å². The van der Waals surface area contributed by atoms with Crippen LogP contribution in [-0.2, 0) is 16.0 Å². The maximum Gasteiger partial charge on any atom is 0.313 e. The van der Waals surface area contributed by atoms with Gasteiger partial charge in [-0.05, 0) is 50.4 Å². The third kappa shape index (κ3) is 3.57. The monoisotopic (exact) mass is 325 g/mol. The summed E-state index contributed by atoms with van der Waals surface area (Å²) in [6.45, 7) is 4.01. The van der Waals surface area contributed by atoms with Gasteiger partial charge in [-0.3, -0.25) is 4.79 Å². The predicted molar refractivity (Wildman–Crippen MR) is 79.0 cm³/mol. The number of esters is 1. The van der Waals surface area contributed by atoms with Crippen LogP contribution < -0.4 is 5.32 Å². The van der Waals surface area contributed by atoms with Crippen molar-refractivity contribution in [1.82, 2.24) is 5.32 Å². The Morgan fingerprint density at radius 1 is 1.42 bits per heavy atom. The lowest BCUT2D eigenvalue weighted by molar-refractivity contribution is -0.156. The van der Waals surface area contributed by atoms with E-state index in [0.29, 0.717) is 13.2 Å². The molecule has 1 aliphatic rings. The summed E-state index contributed by atoms with van der Waals surface area (Å²) >= 11 is 3.43. The molecule has 1 aromatic rings. The summed E-state index contributed by atoms with van der Waals surface area (Å²) < 4.78 is 6.35. The van der Waals surface area contributed by atoms with Gasteiger partial charge in [-0.2, -0.15) is 0 Å². The average molecular weight is 326 g/mol. The fraction of sp³-hybridized carbons (Fsp3) is 0.533. The van der Waals surface area contributed by atoms with E-state index in [2.05, 4.69) is 33.4 Å². The third-order valence-corrected chi connectivity index (χ3v) is 4.17. The number of carbonyl (C=O) groups excluding carboxylic acids is 1. The van der Waals surface area contributed by atoms with E-state index in [4.69, 9.17) is 4.74 Å². The van der Waals surface area contributed by atoms with E-state index in [1.54, 1.807) is 0 Å². The van der Waals surface area contributed by atoms with Crippen LogP contribution in [0.1, 0.15) is 25.3 Å². The van der Waals surface area contributed by atoms with Gasteiger partial charge in [-0.15, -0.1) is 0 Å². The Hall–Kier alpha value is -0.870. The summed E-state index contributed by atoms with van der Waals surface area (Å²) in [5, 5.41) is 3.34. The first kappa shape index (κ1) is 14.5. The van der Waals surface area contributed by atoms with Gasteiger partial charge in [-0.25, -0.2) is 0 Å². The molecule has 1 fully saturated rings. The number of nitrogens with one attached hydrogen (secondary N) is 1. The third-order valence-electron chi connectivity index (χ3n) is 3.64. The van der Waals surface area contributed by atoms with Gasteiger partial charge in [0.1, 0.15) is 0 Å². The Morgan fingerprint density at radius 2 is 2.16 bits per heavy atom.